The topological polar surface area (TPSA) is 29.5 Å². The average molecular weight is 205 g/mol. The second-order valence-electron chi connectivity index (χ2n) is 3.73. The molecule has 0 aliphatic carbocycles. The minimum absolute atomic E-state index is 0.342. The number of hydrogen-bond acceptors (Lipinski definition) is 3. The summed E-state index contributed by atoms with van der Waals surface area (Å²) in [4.78, 5) is 13.1. The molecule has 1 fully saturated rings. The smallest absolute Gasteiger partial charge is 0.148 e. The first-order chi connectivity index (χ1) is 7.34. The monoisotopic (exact) mass is 205 g/mol. The van der Waals surface area contributed by atoms with E-state index in [4.69, 9.17) is 4.74 Å². The second kappa shape index (κ2) is 4.94. The quantitative estimate of drug-likeness (QED) is 0.743. The van der Waals surface area contributed by atoms with Crippen LogP contribution in [-0.4, -0.2) is 36.9 Å². The van der Waals surface area contributed by atoms with Crippen LogP contribution in [0.15, 0.2) is 30.3 Å². The molecule has 0 spiro atoms. The van der Waals surface area contributed by atoms with Crippen molar-refractivity contribution in [3.05, 3.63) is 30.3 Å². The van der Waals surface area contributed by atoms with Gasteiger partial charge in [0.05, 0.1) is 6.54 Å². The third-order valence-corrected chi connectivity index (χ3v) is 2.53. The van der Waals surface area contributed by atoms with Crippen molar-refractivity contribution < 1.29 is 9.53 Å². The summed E-state index contributed by atoms with van der Waals surface area (Å²) in [6.07, 6.45) is 0.700. The third kappa shape index (κ3) is 3.06. The van der Waals surface area contributed by atoms with Gasteiger partial charge in [-0.15, -0.1) is 0 Å². The van der Waals surface area contributed by atoms with Crippen molar-refractivity contribution in [1.29, 1.82) is 0 Å². The lowest BCUT2D eigenvalue weighted by Crippen LogP contribution is -2.26. The summed E-state index contributed by atoms with van der Waals surface area (Å²) in [6, 6.07) is 9.75. The largest absolute Gasteiger partial charge is 0.492 e. The number of carbonyl (C=O) groups is 1. The Kier molecular flexibility index (Phi) is 3.35. The number of para-hydroxylation sites is 1. The van der Waals surface area contributed by atoms with E-state index in [9.17, 15) is 4.79 Å². The number of rotatable bonds is 4. The molecule has 0 unspecified atom stereocenters. The highest BCUT2D eigenvalue weighted by molar-refractivity contribution is 5.82. The fraction of sp³-hybridized carbons (Fsp3) is 0.417. The van der Waals surface area contributed by atoms with Crippen LogP contribution in [0.3, 0.4) is 0 Å². The number of ketones is 1. The van der Waals surface area contributed by atoms with Gasteiger partial charge in [-0.1, -0.05) is 18.2 Å². The molecule has 0 bridgehead atoms. The molecular weight excluding hydrogens is 190 g/mol. The van der Waals surface area contributed by atoms with Crippen molar-refractivity contribution in [2.45, 2.75) is 6.42 Å². The number of likely N-dealkylation sites (tertiary alicyclic amines) is 1. The second-order valence-corrected chi connectivity index (χ2v) is 3.73. The van der Waals surface area contributed by atoms with E-state index >= 15 is 0 Å². The highest BCUT2D eigenvalue weighted by atomic mass is 16.5. The Labute approximate surface area is 89.7 Å². The summed E-state index contributed by atoms with van der Waals surface area (Å²) in [5, 5.41) is 0. The molecule has 2 rings (SSSR count). The van der Waals surface area contributed by atoms with E-state index in [0.29, 0.717) is 25.4 Å². The molecule has 0 atom stereocenters. The summed E-state index contributed by atoms with van der Waals surface area (Å²) in [5.74, 6) is 1.23. The van der Waals surface area contributed by atoms with Gasteiger partial charge in [-0.05, 0) is 12.1 Å². The van der Waals surface area contributed by atoms with Gasteiger partial charge in [-0.25, -0.2) is 0 Å². The highest BCUT2D eigenvalue weighted by Gasteiger charge is 2.18. The van der Waals surface area contributed by atoms with Gasteiger partial charge in [-0.3, -0.25) is 9.69 Å². The Morgan fingerprint density at radius 1 is 1.27 bits per heavy atom. The predicted octanol–water partition coefficient (Wildman–Crippen LogP) is 1.34. The molecule has 1 saturated heterocycles. The average Bonchev–Trinajstić information content (AvgIpc) is 2.66. The number of Topliss-reactive ketones (excluding diaryl/α,β-unsaturated/α-hetero) is 1. The lowest BCUT2D eigenvalue weighted by molar-refractivity contribution is -0.116. The first-order valence-electron chi connectivity index (χ1n) is 5.26. The normalized spacial score (nSPS) is 16.9. The zero-order chi connectivity index (χ0) is 10.5. The van der Waals surface area contributed by atoms with E-state index in [1.807, 2.05) is 30.3 Å². The number of carbonyl (C=O) groups excluding carboxylic acids is 1. The van der Waals surface area contributed by atoms with Crippen LogP contribution in [0.2, 0.25) is 0 Å². The minimum Gasteiger partial charge on any atom is -0.492 e. The van der Waals surface area contributed by atoms with Gasteiger partial charge in [0, 0.05) is 19.5 Å². The molecule has 3 nitrogen and oxygen atoms in total. The summed E-state index contributed by atoms with van der Waals surface area (Å²) in [6.45, 7) is 2.97. The van der Waals surface area contributed by atoms with E-state index in [0.717, 1.165) is 18.8 Å². The van der Waals surface area contributed by atoms with Crippen LogP contribution in [0.4, 0.5) is 0 Å². The van der Waals surface area contributed by atoms with Gasteiger partial charge < -0.3 is 4.74 Å². The van der Waals surface area contributed by atoms with E-state index in [1.165, 1.54) is 0 Å². The van der Waals surface area contributed by atoms with Gasteiger partial charge in [0.2, 0.25) is 0 Å². The molecule has 0 aromatic heterocycles. The number of ether oxygens (including phenoxy) is 1. The predicted molar refractivity (Wildman–Crippen MR) is 58.0 cm³/mol. The summed E-state index contributed by atoms with van der Waals surface area (Å²) in [7, 11) is 0. The van der Waals surface area contributed by atoms with Gasteiger partial charge in [0.15, 0.2) is 0 Å². The lowest BCUT2D eigenvalue weighted by atomic mass is 10.3. The Morgan fingerprint density at radius 3 is 2.73 bits per heavy atom. The molecule has 80 valence electrons. The Balaban J connectivity index is 1.69. The molecule has 15 heavy (non-hydrogen) atoms. The molecule has 0 amide bonds. The van der Waals surface area contributed by atoms with Gasteiger partial charge in [0.1, 0.15) is 18.1 Å². The van der Waals surface area contributed by atoms with E-state index in [-0.39, 0.29) is 0 Å². The minimum atomic E-state index is 0.342. The highest BCUT2D eigenvalue weighted by Crippen LogP contribution is 2.09. The SMILES string of the molecule is O=C1CCN(CCOc2ccccc2)C1. The van der Waals surface area contributed by atoms with Crippen LogP contribution in [0, 0.1) is 0 Å². The maximum absolute atomic E-state index is 11.0. The van der Waals surface area contributed by atoms with E-state index < -0.39 is 0 Å². The maximum Gasteiger partial charge on any atom is 0.148 e. The van der Waals surface area contributed by atoms with Crippen molar-refractivity contribution in [2.24, 2.45) is 0 Å². The van der Waals surface area contributed by atoms with Gasteiger partial charge in [0.25, 0.3) is 0 Å². The molecule has 3 heteroatoms. The maximum atomic E-state index is 11.0. The zero-order valence-corrected chi connectivity index (χ0v) is 8.69. The molecule has 0 N–H and O–H groups in total. The summed E-state index contributed by atoms with van der Waals surface area (Å²) in [5.41, 5.74) is 0. The lowest BCUT2D eigenvalue weighted by Gasteiger charge is -2.13. The first-order valence-corrected chi connectivity index (χ1v) is 5.26. The zero-order valence-electron chi connectivity index (χ0n) is 8.69. The number of nitrogens with zero attached hydrogens (tertiary/aromatic N) is 1. The first kappa shape index (κ1) is 10.2. The standard InChI is InChI=1S/C12H15NO2/c14-11-6-7-13(10-11)8-9-15-12-4-2-1-3-5-12/h1-5H,6-10H2. The van der Waals surface area contributed by atoms with Crippen molar-refractivity contribution in [3.8, 4) is 5.75 Å². The Bertz CT molecular complexity index is 324. The van der Waals surface area contributed by atoms with Crippen molar-refractivity contribution in [1.82, 2.24) is 4.90 Å². The van der Waals surface area contributed by atoms with Crippen LogP contribution in [0.1, 0.15) is 6.42 Å². The molecule has 0 saturated carbocycles. The summed E-state index contributed by atoms with van der Waals surface area (Å²) >= 11 is 0. The molecule has 0 radical (unpaired) electrons. The fourth-order valence-corrected chi connectivity index (χ4v) is 1.69. The van der Waals surface area contributed by atoms with Crippen LogP contribution in [0.5, 0.6) is 5.75 Å². The Morgan fingerprint density at radius 2 is 2.07 bits per heavy atom. The fourth-order valence-electron chi connectivity index (χ4n) is 1.69. The van der Waals surface area contributed by atoms with E-state index in [2.05, 4.69) is 4.90 Å². The molecule has 1 aromatic carbocycles. The van der Waals surface area contributed by atoms with Crippen molar-refractivity contribution >= 4 is 5.78 Å². The van der Waals surface area contributed by atoms with Crippen LogP contribution in [-0.2, 0) is 4.79 Å². The van der Waals surface area contributed by atoms with Gasteiger partial charge >= 0.3 is 0 Å². The van der Waals surface area contributed by atoms with Crippen molar-refractivity contribution in [2.75, 3.05) is 26.2 Å². The van der Waals surface area contributed by atoms with Crippen LogP contribution in [0.25, 0.3) is 0 Å². The molecular formula is C12H15NO2. The molecule has 1 heterocycles. The summed E-state index contributed by atoms with van der Waals surface area (Å²) < 4.78 is 5.55. The van der Waals surface area contributed by atoms with Crippen molar-refractivity contribution in [3.63, 3.8) is 0 Å². The number of hydrogen-bond donors (Lipinski definition) is 0. The Hall–Kier alpha value is -1.35. The molecule has 1 aromatic rings. The molecule has 1 aliphatic heterocycles. The third-order valence-electron chi connectivity index (χ3n) is 2.53. The molecule has 1 aliphatic rings. The number of benzene rings is 1. The van der Waals surface area contributed by atoms with E-state index in [1.54, 1.807) is 0 Å². The van der Waals surface area contributed by atoms with Crippen LogP contribution < -0.4 is 4.74 Å². The van der Waals surface area contributed by atoms with Crippen LogP contribution >= 0.6 is 0 Å². The van der Waals surface area contributed by atoms with Gasteiger partial charge in [-0.2, -0.15) is 0 Å².